The predicted octanol–water partition coefficient (Wildman–Crippen LogP) is 3.96. The average molecular weight is 388 g/mol. The fraction of sp³-hybridized carbons (Fsp3) is 0.316. The molecule has 0 radical (unpaired) electrons. The molecule has 2 atom stereocenters. The molecule has 0 spiro atoms. The summed E-state index contributed by atoms with van der Waals surface area (Å²) in [5.74, 6) is 0.0356. The zero-order valence-electron chi connectivity index (χ0n) is 13.7. The maximum Gasteiger partial charge on any atom is 0.241 e. The third-order valence-corrected chi connectivity index (χ3v) is 4.88. The van der Waals surface area contributed by atoms with Crippen molar-refractivity contribution in [3.63, 3.8) is 0 Å². The number of rotatable bonds is 5. The molecule has 1 fully saturated rings. The summed E-state index contributed by atoms with van der Waals surface area (Å²) < 4.78 is 0.959. The summed E-state index contributed by atoms with van der Waals surface area (Å²) in [7, 11) is 0. The minimum Gasteiger partial charge on any atom is -0.381 e. The van der Waals surface area contributed by atoms with Gasteiger partial charge in [-0.25, -0.2) is 0 Å². The van der Waals surface area contributed by atoms with Gasteiger partial charge in [0, 0.05) is 35.0 Å². The van der Waals surface area contributed by atoms with Crippen LogP contribution in [0.5, 0.6) is 0 Å². The molecule has 0 aromatic heterocycles. The maximum absolute atomic E-state index is 12.5. The molecule has 1 saturated heterocycles. The van der Waals surface area contributed by atoms with Gasteiger partial charge in [-0.3, -0.25) is 9.69 Å². The number of carbonyl (C=O) groups is 1. The molecule has 4 nitrogen and oxygen atoms in total. The normalized spacial score (nSPS) is 19.0. The Morgan fingerprint density at radius 1 is 1.17 bits per heavy atom. The van der Waals surface area contributed by atoms with Crippen molar-refractivity contribution in [1.82, 2.24) is 4.90 Å². The summed E-state index contributed by atoms with van der Waals surface area (Å²) in [6.07, 6.45) is 1.05. The topological polar surface area (TPSA) is 44.4 Å². The van der Waals surface area contributed by atoms with Crippen LogP contribution in [0.15, 0.2) is 59.1 Å². The molecule has 0 aliphatic carbocycles. The summed E-state index contributed by atoms with van der Waals surface area (Å²) in [5, 5.41) is 6.54. The number of nitrogens with zero attached hydrogens (tertiary/aromatic N) is 1. The maximum atomic E-state index is 12.5. The summed E-state index contributed by atoms with van der Waals surface area (Å²) in [4.78, 5) is 14.7. The van der Waals surface area contributed by atoms with Gasteiger partial charge < -0.3 is 10.6 Å². The molecule has 5 heteroatoms. The Morgan fingerprint density at radius 2 is 1.92 bits per heavy atom. The minimum absolute atomic E-state index is 0.0356. The number of carbonyl (C=O) groups excluding carboxylic acids is 1. The third kappa shape index (κ3) is 4.36. The van der Waals surface area contributed by atoms with Crippen LogP contribution in [0.2, 0.25) is 0 Å². The van der Waals surface area contributed by atoms with E-state index in [-0.39, 0.29) is 11.9 Å². The van der Waals surface area contributed by atoms with Gasteiger partial charge in [-0.15, -0.1) is 0 Å². The van der Waals surface area contributed by atoms with Gasteiger partial charge in [0.1, 0.15) is 0 Å². The van der Waals surface area contributed by atoms with Crippen molar-refractivity contribution in [3.05, 3.63) is 59.1 Å². The average Bonchev–Trinajstić information content (AvgIpc) is 3.03. The molecule has 1 aliphatic rings. The molecule has 0 bridgehead atoms. The Labute approximate surface area is 151 Å². The second-order valence-electron chi connectivity index (χ2n) is 6.17. The van der Waals surface area contributed by atoms with Crippen LogP contribution in [-0.4, -0.2) is 36.0 Å². The Hall–Kier alpha value is -1.85. The Morgan fingerprint density at radius 3 is 2.67 bits per heavy atom. The van der Waals surface area contributed by atoms with Crippen LogP contribution >= 0.6 is 15.9 Å². The molecule has 3 rings (SSSR count). The molecule has 0 saturated carbocycles. The van der Waals surface area contributed by atoms with E-state index in [4.69, 9.17) is 0 Å². The fourth-order valence-electron chi connectivity index (χ4n) is 3.01. The van der Waals surface area contributed by atoms with Gasteiger partial charge in [-0.2, -0.15) is 0 Å². The lowest BCUT2D eigenvalue weighted by atomic mass is 10.2. The number of hydrogen-bond donors (Lipinski definition) is 2. The SMILES string of the molecule is CC(C(=O)Nc1cccc(Br)c1)N1CCC(Nc2ccccc2)C1. The first-order chi connectivity index (χ1) is 11.6. The second-order valence-corrected chi connectivity index (χ2v) is 7.08. The quantitative estimate of drug-likeness (QED) is 0.815. The molecule has 1 aliphatic heterocycles. The van der Waals surface area contributed by atoms with Crippen LogP contribution in [0.1, 0.15) is 13.3 Å². The van der Waals surface area contributed by atoms with Crippen LogP contribution < -0.4 is 10.6 Å². The highest BCUT2D eigenvalue weighted by Crippen LogP contribution is 2.20. The monoisotopic (exact) mass is 387 g/mol. The van der Waals surface area contributed by atoms with Crippen molar-refractivity contribution in [2.75, 3.05) is 23.7 Å². The van der Waals surface area contributed by atoms with Crippen molar-refractivity contribution in [2.45, 2.75) is 25.4 Å². The summed E-state index contributed by atoms with van der Waals surface area (Å²) >= 11 is 3.42. The van der Waals surface area contributed by atoms with Gasteiger partial charge in [0.15, 0.2) is 0 Å². The summed E-state index contributed by atoms with van der Waals surface area (Å²) in [6, 6.07) is 18.1. The van der Waals surface area contributed by atoms with E-state index in [1.807, 2.05) is 49.4 Å². The van der Waals surface area contributed by atoms with E-state index in [1.165, 1.54) is 0 Å². The molecule has 2 unspecified atom stereocenters. The first-order valence-corrected chi connectivity index (χ1v) is 9.03. The van der Waals surface area contributed by atoms with Crippen LogP contribution in [0.25, 0.3) is 0 Å². The molecule has 24 heavy (non-hydrogen) atoms. The molecule has 1 amide bonds. The van der Waals surface area contributed by atoms with Crippen molar-refractivity contribution in [2.24, 2.45) is 0 Å². The molecule has 126 valence electrons. The number of hydrogen-bond acceptors (Lipinski definition) is 3. The van der Waals surface area contributed by atoms with Crippen LogP contribution in [0, 0.1) is 0 Å². The first-order valence-electron chi connectivity index (χ1n) is 8.24. The van der Waals surface area contributed by atoms with Crippen molar-refractivity contribution < 1.29 is 4.79 Å². The lowest BCUT2D eigenvalue weighted by molar-refractivity contribution is -0.120. The van der Waals surface area contributed by atoms with Crippen LogP contribution in [-0.2, 0) is 4.79 Å². The zero-order valence-corrected chi connectivity index (χ0v) is 15.3. The van der Waals surface area contributed by atoms with E-state index in [0.29, 0.717) is 6.04 Å². The fourth-order valence-corrected chi connectivity index (χ4v) is 3.40. The Bertz CT molecular complexity index is 692. The smallest absolute Gasteiger partial charge is 0.241 e. The summed E-state index contributed by atoms with van der Waals surface area (Å²) in [5.41, 5.74) is 1.95. The van der Waals surface area contributed by atoms with Gasteiger partial charge in [0.2, 0.25) is 5.91 Å². The highest BCUT2D eigenvalue weighted by molar-refractivity contribution is 9.10. The predicted molar refractivity (Wildman–Crippen MR) is 102 cm³/mol. The molecular weight excluding hydrogens is 366 g/mol. The molecular formula is C19H22BrN3O. The first kappa shape index (κ1) is 17.0. The Kier molecular flexibility index (Phi) is 5.53. The molecule has 2 aromatic rings. The number of halogens is 1. The van der Waals surface area contributed by atoms with E-state index in [2.05, 4.69) is 43.6 Å². The lowest BCUT2D eigenvalue weighted by Gasteiger charge is -2.24. The number of likely N-dealkylation sites (tertiary alicyclic amines) is 1. The zero-order chi connectivity index (χ0) is 16.9. The summed E-state index contributed by atoms with van der Waals surface area (Å²) in [6.45, 7) is 3.78. The number of anilines is 2. The molecule has 2 aromatic carbocycles. The van der Waals surface area contributed by atoms with E-state index < -0.39 is 0 Å². The van der Waals surface area contributed by atoms with Gasteiger partial charge in [0.05, 0.1) is 6.04 Å². The lowest BCUT2D eigenvalue weighted by Crippen LogP contribution is -2.41. The molecule has 2 N–H and O–H groups in total. The number of nitrogens with one attached hydrogen (secondary N) is 2. The van der Waals surface area contributed by atoms with Gasteiger partial charge >= 0.3 is 0 Å². The van der Waals surface area contributed by atoms with E-state index in [0.717, 1.165) is 35.4 Å². The molecule has 1 heterocycles. The Balaban J connectivity index is 1.54. The van der Waals surface area contributed by atoms with Gasteiger partial charge in [-0.1, -0.05) is 40.2 Å². The van der Waals surface area contributed by atoms with E-state index in [9.17, 15) is 4.79 Å². The largest absolute Gasteiger partial charge is 0.381 e. The van der Waals surface area contributed by atoms with Gasteiger partial charge in [0.25, 0.3) is 0 Å². The highest BCUT2D eigenvalue weighted by atomic mass is 79.9. The van der Waals surface area contributed by atoms with Crippen LogP contribution in [0.4, 0.5) is 11.4 Å². The number of para-hydroxylation sites is 1. The van der Waals surface area contributed by atoms with Gasteiger partial charge in [-0.05, 0) is 43.7 Å². The number of amides is 1. The van der Waals surface area contributed by atoms with Crippen molar-refractivity contribution in [1.29, 1.82) is 0 Å². The van der Waals surface area contributed by atoms with E-state index in [1.54, 1.807) is 0 Å². The van der Waals surface area contributed by atoms with Crippen LogP contribution in [0.3, 0.4) is 0 Å². The second kappa shape index (κ2) is 7.81. The standard InChI is InChI=1S/C19H22BrN3O/c1-14(19(24)22-17-9-5-6-15(20)12-17)23-11-10-18(13-23)21-16-7-3-2-4-8-16/h2-9,12,14,18,21H,10-11,13H2,1H3,(H,22,24). The minimum atomic E-state index is -0.147. The highest BCUT2D eigenvalue weighted by Gasteiger charge is 2.29. The van der Waals surface area contributed by atoms with E-state index >= 15 is 0 Å². The van der Waals surface area contributed by atoms with Crippen molar-refractivity contribution >= 4 is 33.2 Å². The van der Waals surface area contributed by atoms with Crippen molar-refractivity contribution in [3.8, 4) is 0 Å². The third-order valence-electron chi connectivity index (χ3n) is 4.38. The number of benzene rings is 2.